The predicted molar refractivity (Wildman–Crippen MR) is 149 cm³/mol. The molecule has 0 saturated heterocycles. The van der Waals surface area contributed by atoms with Crippen molar-refractivity contribution in [3.8, 4) is 0 Å². The molecule has 6 nitrogen and oxygen atoms in total. The van der Waals surface area contributed by atoms with Crippen LogP contribution in [0.4, 0.5) is 11.4 Å². The van der Waals surface area contributed by atoms with Gasteiger partial charge >= 0.3 is 5.97 Å². The molecular formula is C27H42BrClN2O4. The van der Waals surface area contributed by atoms with Gasteiger partial charge in [0.2, 0.25) is 11.8 Å². The zero-order valence-corrected chi connectivity index (χ0v) is 23.9. The van der Waals surface area contributed by atoms with Crippen molar-refractivity contribution < 1.29 is 19.1 Å². The molecule has 198 valence electrons. The Morgan fingerprint density at radius 3 is 1.97 bits per heavy atom. The first-order chi connectivity index (χ1) is 16.9. The Labute approximate surface area is 224 Å². The van der Waals surface area contributed by atoms with E-state index in [0.29, 0.717) is 29.4 Å². The van der Waals surface area contributed by atoms with Crippen LogP contribution in [0.2, 0.25) is 5.02 Å². The predicted octanol–water partition coefficient (Wildman–Crippen LogP) is 8.56. The Balaban J connectivity index is 2.47. The zero-order valence-electron chi connectivity index (χ0n) is 21.5. The highest BCUT2D eigenvalue weighted by atomic mass is 79.9. The van der Waals surface area contributed by atoms with Crippen molar-refractivity contribution in [1.29, 1.82) is 0 Å². The molecule has 1 rings (SSSR count). The molecule has 0 unspecified atom stereocenters. The van der Waals surface area contributed by atoms with Gasteiger partial charge < -0.3 is 20.1 Å². The first-order valence-corrected chi connectivity index (χ1v) is 14.2. The molecule has 0 aromatic heterocycles. The zero-order chi connectivity index (χ0) is 25.9. The van der Waals surface area contributed by atoms with Crippen molar-refractivity contribution in [1.82, 2.24) is 0 Å². The third kappa shape index (κ3) is 13.8. The number of esters is 1. The summed E-state index contributed by atoms with van der Waals surface area (Å²) in [4.78, 5) is 24.5. The van der Waals surface area contributed by atoms with E-state index in [9.17, 15) is 9.59 Å². The molecule has 1 aromatic rings. The number of rotatable bonds is 19. The van der Waals surface area contributed by atoms with Crippen LogP contribution in [0.5, 0.6) is 0 Å². The SMILES string of the molecule is CCCCCCCCCCCCCC(=O)Nc1ccc(Cl)c(NC(OCC)=C(Br)C(=O)OCC)c1. The maximum Gasteiger partial charge on any atom is 0.350 e. The van der Waals surface area contributed by atoms with Gasteiger partial charge in [-0.1, -0.05) is 82.7 Å². The maximum absolute atomic E-state index is 12.4. The largest absolute Gasteiger partial charge is 0.478 e. The fourth-order valence-corrected chi connectivity index (χ4v) is 4.07. The highest BCUT2D eigenvalue weighted by Crippen LogP contribution is 2.29. The minimum Gasteiger partial charge on any atom is -0.478 e. The minimum atomic E-state index is -0.545. The van der Waals surface area contributed by atoms with E-state index in [1.807, 2.05) is 0 Å². The summed E-state index contributed by atoms with van der Waals surface area (Å²) in [5.74, 6) is -0.379. The second-order valence-electron chi connectivity index (χ2n) is 8.45. The molecule has 0 radical (unpaired) electrons. The van der Waals surface area contributed by atoms with Crippen LogP contribution >= 0.6 is 27.5 Å². The van der Waals surface area contributed by atoms with Gasteiger partial charge in [0.1, 0.15) is 0 Å². The molecule has 0 atom stereocenters. The summed E-state index contributed by atoms with van der Waals surface area (Å²) in [6, 6.07) is 5.14. The number of hydrogen-bond donors (Lipinski definition) is 2. The number of unbranched alkanes of at least 4 members (excludes halogenated alkanes) is 10. The van der Waals surface area contributed by atoms with Crippen LogP contribution in [0.3, 0.4) is 0 Å². The van der Waals surface area contributed by atoms with Crippen LogP contribution in [0.1, 0.15) is 97.8 Å². The van der Waals surface area contributed by atoms with Gasteiger partial charge in [0.15, 0.2) is 4.48 Å². The van der Waals surface area contributed by atoms with Crippen LogP contribution in [-0.4, -0.2) is 25.1 Å². The van der Waals surface area contributed by atoms with E-state index in [0.717, 1.165) is 12.8 Å². The second kappa shape index (κ2) is 19.5. The Bertz CT molecular complexity index is 801. The molecule has 0 aliphatic carbocycles. The van der Waals surface area contributed by atoms with E-state index in [1.165, 1.54) is 57.8 Å². The molecule has 8 heteroatoms. The van der Waals surface area contributed by atoms with Gasteiger partial charge in [-0.3, -0.25) is 4.79 Å². The highest BCUT2D eigenvalue weighted by Gasteiger charge is 2.17. The summed E-state index contributed by atoms with van der Waals surface area (Å²) in [5.41, 5.74) is 1.12. The van der Waals surface area contributed by atoms with Gasteiger partial charge in [0.25, 0.3) is 0 Å². The number of nitrogens with one attached hydrogen (secondary N) is 2. The number of halogens is 2. The van der Waals surface area contributed by atoms with E-state index in [1.54, 1.807) is 32.0 Å². The van der Waals surface area contributed by atoms with E-state index >= 15 is 0 Å². The van der Waals surface area contributed by atoms with E-state index < -0.39 is 5.97 Å². The summed E-state index contributed by atoms with van der Waals surface area (Å²) >= 11 is 9.55. The van der Waals surface area contributed by atoms with E-state index in [4.69, 9.17) is 21.1 Å². The van der Waals surface area contributed by atoms with Gasteiger partial charge in [-0.2, -0.15) is 0 Å². The topological polar surface area (TPSA) is 76.7 Å². The number of hydrogen-bond acceptors (Lipinski definition) is 5. The Morgan fingerprint density at radius 1 is 0.829 bits per heavy atom. The molecule has 0 aliphatic rings. The summed E-state index contributed by atoms with van der Waals surface area (Å²) < 4.78 is 10.7. The van der Waals surface area contributed by atoms with Crippen LogP contribution in [0.15, 0.2) is 28.6 Å². The lowest BCUT2D eigenvalue weighted by molar-refractivity contribution is -0.137. The molecule has 35 heavy (non-hydrogen) atoms. The summed E-state index contributed by atoms with van der Waals surface area (Å²) in [7, 11) is 0. The number of benzene rings is 1. The lowest BCUT2D eigenvalue weighted by atomic mass is 10.1. The number of amides is 1. The average molecular weight is 574 g/mol. The van der Waals surface area contributed by atoms with Crippen LogP contribution in [0.25, 0.3) is 0 Å². The molecule has 0 heterocycles. The minimum absolute atomic E-state index is 0.0255. The molecular weight excluding hydrogens is 532 g/mol. The van der Waals surface area contributed by atoms with Gasteiger partial charge in [0, 0.05) is 12.1 Å². The fourth-order valence-electron chi connectivity index (χ4n) is 3.58. The number of anilines is 2. The van der Waals surface area contributed by atoms with Crippen molar-refractivity contribution in [3.05, 3.63) is 33.6 Å². The molecule has 0 fully saturated rings. The fraction of sp³-hybridized carbons (Fsp3) is 0.630. The lowest BCUT2D eigenvalue weighted by Crippen LogP contribution is -2.14. The van der Waals surface area contributed by atoms with Crippen LogP contribution < -0.4 is 10.6 Å². The van der Waals surface area contributed by atoms with Crippen LogP contribution in [-0.2, 0) is 19.1 Å². The molecule has 2 N–H and O–H groups in total. The standard InChI is InChI=1S/C27H42BrClN2O4/c1-4-7-8-9-10-11-12-13-14-15-16-17-24(32)30-21-18-19-22(29)23(20-21)31-26(34-5-2)25(28)27(33)35-6-3/h18-20,31H,4-17H2,1-3H3,(H,30,32). The molecule has 0 spiro atoms. The normalized spacial score (nSPS) is 11.6. The van der Waals surface area contributed by atoms with Crippen molar-refractivity contribution in [2.75, 3.05) is 23.8 Å². The Kier molecular flexibility index (Phi) is 17.4. The van der Waals surface area contributed by atoms with Crippen molar-refractivity contribution in [2.45, 2.75) is 97.8 Å². The second-order valence-corrected chi connectivity index (χ2v) is 9.65. The number of carbonyl (C=O) groups excluding carboxylic acids is 2. The van der Waals surface area contributed by atoms with Crippen molar-refractivity contribution in [2.24, 2.45) is 0 Å². The third-order valence-corrected chi connectivity index (χ3v) is 6.46. The van der Waals surface area contributed by atoms with Gasteiger partial charge in [-0.05, 0) is 54.4 Å². The Morgan fingerprint density at radius 2 is 1.40 bits per heavy atom. The van der Waals surface area contributed by atoms with E-state index in [-0.39, 0.29) is 22.9 Å². The molecule has 1 amide bonds. The van der Waals surface area contributed by atoms with Gasteiger partial charge in [0.05, 0.1) is 23.9 Å². The monoisotopic (exact) mass is 572 g/mol. The smallest absolute Gasteiger partial charge is 0.350 e. The summed E-state index contributed by atoms with van der Waals surface area (Å²) in [6.07, 6.45) is 14.2. The molecule has 0 saturated carbocycles. The maximum atomic E-state index is 12.4. The van der Waals surface area contributed by atoms with Crippen molar-refractivity contribution >= 4 is 50.8 Å². The third-order valence-electron chi connectivity index (χ3n) is 5.45. The quantitative estimate of drug-likeness (QED) is 0.0750. The van der Waals surface area contributed by atoms with Crippen LogP contribution in [0, 0.1) is 0 Å². The van der Waals surface area contributed by atoms with E-state index in [2.05, 4.69) is 33.5 Å². The lowest BCUT2D eigenvalue weighted by Gasteiger charge is -2.16. The number of carbonyl (C=O) groups is 2. The first kappa shape index (κ1) is 31.3. The average Bonchev–Trinajstić information content (AvgIpc) is 2.84. The first-order valence-electron chi connectivity index (χ1n) is 13.0. The molecule has 0 aliphatic heterocycles. The van der Waals surface area contributed by atoms with Gasteiger partial charge in [-0.15, -0.1) is 0 Å². The number of ether oxygens (including phenoxy) is 2. The summed E-state index contributed by atoms with van der Waals surface area (Å²) in [6.45, 7) is 6.36. The molecule has 1 aromatic carbocycles. The van der Waals surface area contributed by atoms with Crippen molar-refractivity contribution in [3.63, 3.8) is 0 Å². The highest BCUT2D eigenvalue weighted by molar-refractivity contribution is 9.12. The van der Waals surface area contributed by atoms with Gasteiger partial charge in [-0.25, -0.2) is 4.79 Å². The Hall–Kier alpha value is -1.73. The molecule has 0 bridgehead atoms. The summed E-state index contributed by atoms with van der Waals surface area (Å²) in [5, 5.41) is 6.37.